The minimum atomic E-state index is -4.89. The Morgan fingerprint density at radius 2 is 2.22 bits per heavy atom. The number of nitrogens with zero attached hydrogens (tertiary/aromatic N) is 2. The number of carbonyl (C=O) groups excluding carboxylic acids is 1. The molecule has 0 bridgehead atoms. The minimum Gasteiger partial charge on any atom is -0.338 e. The van der Waals surface area contributed by atoms with E-state index in [1.54, 1.807) is 11.4 Å². The molecule has 0 fully saturated rings. The SMILES string of the molecule is O=C(Cc1nc(-c2cc(Br)cs2)no1)C(F)(F)F. The van der Waals surface area contributed by atoms with Gasteiger partial charge in [0.05, 0.1) is 11.3 Å². The number of halogens is 4. The third-order valence-corrected chi connectivity index (χ3v) is 3.57. The zero-order valence-corrected chi connectivity index (χ0v) is 10.9. The fourth-order valence-electron chi connectivity index (χ4n) is 1.09. The standard InChI is InChI=1S/C9H4BrF3N2O2S/c10-4-1-5(18-3-4)8-14-7(17-15-8)2-6(16)9(11,12)13/h1,3H,2H2. The van der Waals surface area contributed by atoms with Crippen LogP contribution < -0.4 is 0 Å². The zero-order valence-electron chi connectivity index (χ0n) is 8.49. The Balaban J connectivity index is 2.14. The van der Waals surface area contributed by atoms with E-state index < -0.39 is 18.4 Å². The lowest BCUT2D eigenvalue weighted by Gasteiger charge is -2.00. The summed E-state index contributed by atoms with van der Waals surface area (Å²) in [5.74, 6) is -2.10. The molecule has 2 rings (SSSR count). The van der Waals surface area contributed by atoms with Gasteiger partial charge in [0.1, 0.15) is 0 Å². The van der Waals surface area contributed by atoms with Crippen LogP contribution in [0.3, 0.4) is 0 Å². The van der Waals surface area contributed by atoms with Gasteiger partial charge in [-0.2, -0.15) is 18.2 Å². The maximum absolute atomic E-state index is 12.0. The quantitative estimate of drug-likeness (QED) is 0.860. The summed E-state index contributed by atoms with van der Waals surface area (Å²) in [6.07, 6.45) is -5.83. The molecule has 0 saturated heterocycles. The topological polar surface area (TPSA) is 56.0 Å². The maximum Gasteiger partial charge on any atom is 0.450 e. The van der Waals surface area contributed by atoms with E-state index in [0.717, 1.165) is 4.47 Å². The number of rotatable bonds is 3. The second-order valence-corrected chi connectivity index (χ2v) is 5.07. The van der Waals surface area contributed by atoms with Gasteiger partial charge >= 0.3 is 6.18 Å². The summed E-state index contributed by atoms with van der Waals surface area (Å²) in [4.78, 5) is 15.1. The molecular weight excluding hydrogens is 337 g/mol. The van der Waals surface area contributed by atoms with Gasteiger partial charge < -0.3 is 4.52 Å². The van der Waals surface area contributed by atoms with Gasteiger partial charge in [-0.1, -0.05) is 5.16 Å². The van der Waals surface area contributed by atoms with E-state index in [-0.39, 0.29) is 11.7 Å². The maximum atomic E-state index is 12.0. The normalized spacial score (nSPS) is 11.8. The molecule has 0 spiro atoms. The van der Waals surface area contributed by atoms with E-state index in [2.05, 4.69) is 30.6 Å². The fraction of sp³-hybridized carbons (Fsp3) is 0.222. The first-order chi connectivity index (χ1) is 8.36. The molecule has 9 heteroatoms. The van der Waals surface area contributed by atoms with Crippen molar-refractivity contribution in [2.75, 3.05) is 0 Å². The van der Waals surface area contributed by atoms with Crippen LogP contribution in [-0.4, -0.2) is 22.1 Å². The van der Waals surface area contributed by atoms with E-state index in [0.29, 0.717) is 4.88 Å². The highest BCUT2D eigenvalue weighted by atomic mass is 79.9. The smallest absolute Gasteiger partial charge is 0.338 e. The molecule has 0 unspecified atom stereocenters. The van der Waals surface area contributed by atoms with E-state index in [1.807, 2.05) is 0 Å². The van der Waals surface area contributed by atoms with Crippen molar-refractivity contribution in [3.05, 3.63) is 21.8 Å². The molecule has 0 saturated carbocycles. The molecule has 96 valence electrons. The summed E-state index contributed by atoms with van der Waals surface area (Å²) in [5.41, 5.74) is 0. The first kappa shape index (κ1) is 13.2. The van der Waals surface area contributed by atoms with E-state index >= 15 is 0 Å². The van der Waals surface area contributed by atoms with Crippen LogP contribution >= 0.6 is 27.3 Å². The Hall–Kier alpha value is -1.22. The first-order valence-corrected chi connectivity index (χ1v) is 6.20. The summed E-state index contributed by atoms with van der Waals surface area (Å²) in [5, 5.41) is 5.29. The van der Waals surface area contributed by atoms with Gasteiger partial charge in [-0.3, -0.25) is 4.79 Å². The van der Waals surface area contributed by atoms with E-state index in [4.69, 9.17) is 0 Å². The van der Waals surface area contributed by atoms with Crippen LogP contribution in [-0.2, 0) is 11.2 Å². The van der Waals surface area contributed by atoms with E-state index in [1.165, 1.54) is 11.3 Å². The van der Waals surface area contributed by atoms with Crippen LogP contribution in [0.5, 0.6) is 0 Å². The Bertz CT molecular complexity index is 578. The minimum absolute atomic E-state index is 0.163. The Morgan fingerprint density at radius 1 is 1.50 bits per heavy atom. The van der Waals surface area contributed by atoms with Crippen LogP contribution in [0.25, 0.3) is 10.7 Å². The molecule has 0 radical (unpaired) electrons. The summed E-state index contributed by atoms with van der Waals surface area (Å²) >= 11 is 4.53. The number of ketones is 1. The van der Waals surface area contributed by atoms with Gasteiger partial charge in [0.25, 0.3) is 0 Å². The van der Waals surface area contributed by atoms with Crippen molar-refractivity contribution in [3.8, 4) is 10.7 Å². The zero-order chi connectivity index (χ0) is 13.3. The third kappa shape index (κ3) is 2.96. The number of aromatic nitrogens is 2. The molecule has 0 amide bonds. The van der Waals surface area contributed by atoms with Crippen molar-refractivity contribution < 1.29 is 22.5 Å². The van der Waals surface area contributed by atoms with Crippen molar-refractivity contribution in [1.29, 1.82) is 0 Å². The van der Waals surface area contributed by atoms with Crippen molar-refractivity contribution >= 4 is 33.0 Å². The molecule has 0 atom stereocenters. The van der Waals surface area contributed by atoms with Crippen molar-refractivity contribution in [2.24, 2.45) is 0 Å². The Kier molecular flexibility index (Phi) is 3.53. The molecule has 4 nitrogen and oxygen atoms in total. The van der Waals surface area contributed by atoms with Gasteiger partial charge in [-0.15, -0.1) is 11.3 Å². The molecule has 0 aliphatic carbocycles. The predicted octanol–water partition coefficient (Wildman–Crippen LogP) is 3.23. The number of hydrogen-bond donors (Lipinski definition) is 0. The van der Waals surface area contributed by atoms with Crippen molar-refractivity contribution in [1.82, 2.24) is 10.1 Å². The van der Waals surface area contributed by atoms with Crippen LogP contribution in [0, 0.1) is 0 Å². The Morgan fingerprint density at radius 3 is 2.78 bits per heavy atom. The summed E-state index contributed by atoms with van der Waals surface area (Å²) < 4.78 is 41.5. The number of alkyl halides is 3. The summed E-state index contributed by atoms with van der Waals surface area (Å²) in [6, 6.07) is 1.70. The Labute approximate surface area is 111 Å². The lowest BCUT2D eigenvalue weighted by molar-refractivity contribution is -0.170. The summed E-state index contributed by atoms with van der Waals surface area (Å²) in [7, 11) is 0. The number of hydrogen-bond acceptors (Lipinski definition) is 5. The monoisotopic (exact) mass is 340 g/mol. The summed E-state index contributed by atoms with van der Waals surface area (Å²) in [6.45, 7) is 0. The number of thiophene rings is 1. The molecule has 0 N–H and O–H groups in total. The van der Waals surface area contributed by atoms with Crippen LogP contribution in [0.15, 0.2) is 20.4 Å². The molecule has 2 aromatic heterocycles. The molecule has 0 aromatic carbocycles. The fourth-order valence-corrected chi connectivity index (χ4v) is 2.45. The third-order valence-electron chi connectivity index (χ3n) is 1.88. The average Bonchev–Trinajstić information content (AvgIpc) is 2.85. The molecule has 2 aromatic rings. The van der Waals surface area contributed by atoms with Crippen LogP contribution in [0.4, 0.5) is 13.2 Å². The van der Waals surface area contributed by atoms with E-state index in [9.17, 15) is 18.0 Å². The lowest BCUT2D eigenvalue weighted by Crippen LogP contribution is -2.24. The van der Waals surface area contributed by atoms with Crippen LogP contribution in [0.1, 0.15) is 5.89 Å². The van der Waals surface area contributed by atoms with Crippen LogP contribution in [0.2, 0.25) is 0 Å². The molecule has 2 heterocycles. The second kappa shape index (κ2) is 4.81. The first-order valence-electron chi connectivity index (χ1n) is 4.53. The average molecular weight is 341 g/mol. The lowest BCUT2D eigenvalue weighted by atomic mass is 10.3. The molecule has 0 aliphatic heterocycles. The highest BCUT2D eigenvalue weighted by molar-refractivity contribution is 9.10. The van der Waals surface area contributed by atoms with Gasteiger partial charge in [-0.05, 0) is 22.0 Å². The highest BCUT2D eigenvalue weighted by Gasteiger charge is 2.39. The highest BCUT2D eigenvalue weighted by Crippen LogP contribution is 2.28. The number of carbonyl (C=O) groups is 1. The molecular formula is C9H4BrF3N2O2S. The predicted molar refractivity (Wildman–Crippen MR) is 60.1 cm³/mol. The number of Topliss-reactive ketones (excluding diaryl/α,β-unsaturated/α-hetero) is 1. The largest absolute Gasteiger partial charge is 0.450 e. The van der Waals surface area contributed by atoms with Crippen molar-refractivity contribution in [3.63, 3.8) is 0 Å². The molecule has 18 heavy (non-hydrogen) atoms. The van der Waals surface area contributed by atoms with Gasteiger partial charge in [0.2, 0.25) is 17.5 Å². The van der Waals surface area contributed by atoms with Gasteiger partial charge in [0, 0.05) is 9.85 Å². The van der Waals surface area contributed by atoms with Gasteiger partial charge in [0.15, 0.2) is 0 Å². The van der Waals surface area contributed by atoms with Crippen molar-refractivity contribution in [2.45, 2.75) is 12.6 Å². The second-order valence-electron chi connectivity index (χ2n) is 3.24. The molecule has 0 aliphatic rings. The van der Waals surface area contributed by atoms with Gasteiger partial charge in [-0.25, -0.2) is 0 Å².